The second kappa shape index (κ2) is 6.28. The van der Waals surface area contributed by atoms with Gasteiger partial charge in [0.05, 0.1) is 0 Å². The van der Waals surface area contributed by atoms with Crippen molar-refractivity contribution < 1.29 is 0 Å². The fourth-order valence-electron chi connectivity index (χ4n) is 2.32. The lowest BCUT2D eigenvalue weighted by atomic mass is 10.1. The van der Waals surface area contributed by atoms with Gasteiger partial charge in [-0.3, -0.25) is 0 Å². The number of likely N-dealkylation sites (N-methyl/N-ethyl adjacent to an activating group) is 1. The second-order valence-electron chi connectivity index (χ2n) is 4.86. The molecule has 0 aromatic heterocycles. The molecule has 0 radical (unpaired) electrons. The van der Waals surface area contributed by atoms with E-state index in [0.29, 0.717) is 0 Å². The molecule has 2 aromatic carbocycles. The van der Waals surface area contributed by atoms with Gasteiger partial charge >= 0.3 is 0 Å². The van der Waals surface area contributed by atoms with Gasteiger partial charge in [-0.15, -0.1) is 0 Å². The van der Waals surface area contributed by atoms with E-state index in [2.05, 4.69) is 55.1 Å². The molecule has 2 aromatic rings. The van der Waals surface area contributed by atoms with E-state index in [1.165, 1.54) is 16.8 Å². The molecular weight excluding hydrogens is 232 g/mol. The lowest BCUT2D eigenvalue weighted by Crippen LogP contribution is -2.26. The number of anilines is 2. The van der Waals surface area contributed by atoms with E-state index in [1.54, 1.807) is 0 Å². The number of hydrogen-bond acceptors (Lipinski definition) is 2. The Morgan fingerprint density at radius 2 is 1.68 bits per heavy atom. The van der Waals surface area contributed by atoms with Gasteiger partial charge in [-0.05, 0) is 49.6 Å². The van der Waals surface area contributed by atoms with E-state index < -0.39 is 0 Å². The van der Waals surface area contributed by atoms with Crippen LogP contribution in [0.25, 0.3) is 0 Å². The maximum atomic E-state index is 5.71. The molecule has 0 spiro atoms. The van der Waals surface area contributed by atoms with Crippen LogP contribution in [0.4, 0.5) is 11.4 Å². The van der Waals surface area contributed by atoms with E-state index >= 15 is 0 Å². The topological polar surface area (TPSA) is 29.3 Å². The molecule has 0 atom stereocenters. The first-order chi connectivity index (χ1) is 9.20. The predicted octanol–water partition coefficient (Wildman–Crippen LogP) is 3.65. The molecule has 2 nitrogen and oxygen atoms in total. The monoisotopic (exact) mass is 254 g/mol. The first-order valence-electron chi connectivity index (χ1n) is 6.85. The van der Waals surface area contributed by atoms with Crippen LogP contribution < -0.4 is 10.6 Å². The SMILES string of the molecule is CCN(CCc1ccc(N)cc1)c1ccccc1C. The van der Waals surface area contributed by atoms with Crippen LogP contribution in [0.1, 0.15) is 18.1 Å². The van der Waals surface area contributed by atoms with Crippen LogP contribution in [0.5, 0.6) is 0 Å². The Morgan fingerprint density at radius 1 is 1.00 bits per heavy atom. The van der Waals surface area contributed by atoms with Gasteiger partial charge < -0.3 is 10.6 Å². The van der Waals surface area contributed by atoms with Crippen molar-refractivity contribution in [3.05, 3.63) is 59.7 Å². The number of nitrogen functional groups attached to an aromatic ring is 1. The number of rotatable bonds is 5. The average molecular weight is 254 g/mol. The first kappa shape index (κ1) is 13.5. The van der Waals surface area contributed by atoms with Crippen molar-refractivity contribution in [1.82, 2.24) is 0 Å². The number of para-hydroxylation sites is 1. The van der Waals surface area contributed by atoms with E-state index in [0.717, 1.165) is 25.2 Å². The third kappa shape index (κ3) is 3.50. The summed E-state index contributed by atoms with van der Waals surface area (Å²) in [5.41, 5.74) is 10.5. The average Bonchev–Trinajstić information content (AvgIpc) is 2.43. The lowest BCUT2D eigenvalue weighted by molar-refractivity contribution is 0.806. The van der Waals surface area contributed by atoms with Crippen molar-refractivity contribution in [3.63, 3.8) is 0 Å². The Morgan fingerprint density at radius 3 is 2.32 bits per heavy atom. The van der Waals surface area contributed by atoms with Crippen LogP contribution in [0.2, 0.25) is 0 Å². The molecule has 0 saturated heterocycles. The molecule has 100 valence electrons. The van der Waals surface area contributed by atoms with E-state index in [9.17, 15) is 0 Å². The highest BCUT2D eigenvalue weighted by atomic mass is 15.1. The van der Waals surface area contributed by atoms with Gasteiger partial charge in [-0.1, -0.05) is 30.3 Å². The largest absolute Gasteiger partial charge is 0.399 e. The highest BCUT2D eigenvalue weighted by Gasteiger charge is 2.06. The Balaban J connectivity index is 2.04. The van der Waals surface area contributed by atoms with Gasteiger partial charge in [0.2, 0.25) is 0 Å². The van der Waals surface area contributed by atoms with E-state index in [-0.39, 0.29) is 0 Å². The molecule has 2 rings (SSSR count). The summed E-state index contributed by atoms with van der Waals surface area (Å²) < 4.78 is 0. The molecule has 0 unspecified atom stereocenters. The molecule has 0 bridgehead atoms. The summed E-state index contributed by atoms with van der Waals surface area (Å²) in [6, 6.07) is 16.7. The number of aryl methyl sites for hydroxylation is 1. The zero-order chi connectivity index (χ0) is 13.7. The predicted molar refractivity (Wildman–Crippen MR) is 83.6 cm³/mol. The zero-order valence-corrected chi connectivity index (χ0v) is 11.8. The van der Waals surface area contributed by atoms with Crippen molar-refractivity contribution in [2.75, 3.05) is 23.7 Å². The number of benzene rings is 2. The zero-order valence-electron chi connectivity index (χ0n) is 11.8. The van der Waals surface area contributed by atoms with Gasteiger partial charge in [0.25, 0.3) is 0 Å². The fourth-order valence-corrected chi connectivity index (χ4v) is 2.32. The van der Waals surface area contributed by atoms with Gasteiger partial charge in [-0.2, -0.15) is 0 Å². The van der Waals surface area contributed by atoms with Crippen molar-refractivity contribution in [2.45, 2.75) is 20.3 Å². The van der Waals surface area contributed by atoms with Crippen molar-refractivity contribution >= 4 is 11.4 Å². The van der Waals surface area contributed by atoms with Crippen LogP contribution in [-0.4, -0.2) is 13.1 Å². The highest BCUT2D eigenvalue weighted by molar-refractivity contribution is 5.53. The molecule has 0 aliphatic heterocycles. The van der Waals surface area contributed by atoms with Crippen LogP contribution in [0, 0.1) is 6.92 Å². The minimum absolute atomic E-state index is 0.829. The van der Waals surface area contributed by atoms with Crippen molar-refractivity contribution in [2.24, 2.45) is 0 Å². The summed E-state index contributed by atoms with van der Waals surface area (Å²) in [5, 5.41) is 0. The highest BCUT2D eigenvalue weighted by Crippen LogP contribution is 2.19. The smallest absolute Gasteiger partial charge is 0.0395 e. The summed E-state index contributed by atoms with van der Waals surface area (Å²) >= 11 is 0. The normalized spacial score (nSPS) is 10.4. The third-order valence-electron chi connectivity index (χ3n) is 3.49. The molecule has 2 N–H and O–H groups in total. The summed E-state index contributed by atoms with van der Waals surface area (Å²) in [6.07, 6.45) is 1.04. The first-order valence-corrected chi connectivity index (χ1v) is 6.85. The van der Waals surface area contributed by atoms with Crippen LogP contribution in [0.3, 0.4) is 0 Å². The maximum absolute atomic E-state index is 5.71. The molecule has 0 aliphatic rings. The minimum atomic E-state index is 0.829. The molecule has 19 heavy (non-hydrogen) atoms. The Hall–Kier alpha value is -1.96. The molecule has 0 amide bonds. The quantitative estimate of drug-likeness (QED) is 0.825. The second-order valence-corrected chi connectivity index (χ2v) is 4.86. The summed E-state index contributed by atoms with van der Waals surface area (Å²) in [4.78, 5) is 2.42. The van der Waals surface area contributed by atoms with E-state index in [1.807, 2.05) is 12.1 Å². The maximum Gasteiger partial charge on any atom is 0.0395 e. The van der Waals surface area contributed by atoms with Crippen molar-refractivity contribution in [1.29, 1.82) is 0 Å². The number of nitrogens with zero attached hydrogens (tertiary/aromatic N) is 1. The molecule has 2 heteroatoms. The summed E-state index contributed by atoms with van der Waals surface area (Å²) in [6.45, 7) is 6.43. The standard InChI is InChI=1S/C17H22N2/c1-3-19(17-7-5-4-6-14(17)2)13-12-15-8-10-16(18)11-9-15/h4-11H,3,12-13,18H2,1-2H3. The minimum Gasteiger partial charge on any atom is -0.399 e. The van der Waals surface area contributed by atoms with Gasteiger partial charge in [0.1, 0.15) is 0 Å². The Bertz CT molecular complexity index is 517. The lowest BCUT2D eigenvalue weighted by Gasteiger charge is -2.25. The number of hydrogen-bond donors (Lipinski definition) is 1. The molecule has 0 heterocycles. The van der Waals surface area contributed by atoms with Crippen LogP contribution in [0.15, 0.2) is 48.5 Å². The summed E-state index contributed by atoms with van der Waals surface area (Å²) in [5.74, 6) is 0. The third-order valence-corrected chi connectivity index (χ3v) is 3.49. The van der Waals surface area contributed by atoms with Crippen LogP contribution >= 0.6 is 0 Å². The van der Waals surface area contributed by atoms with Crippen molar-refractivity contribution in [3.8, 4) is 0 Å². The molecule has 0 fully saturated rings. The number of nitrogens with two attached hydrogens (primary N) is 1. The Kier molecular flexibility index (Phi) is 4.45. The Labute approximate surface area is 115 Å². The molecule has 0 aliphatic carbocycles. The molecular formula is C17H22N2. The van der Waals surface area contributed by atoms with Gasteiger partial charge in [-0.25, -0.2) is 0 Å². The van der Waals surface area contributed by atoms with Gasteiger partial charge in [0.15, 0.2) is 0 Å². The van der Waals surface area contributed by atoms with E-state index in [4.69, 9.17) is 5.73 Å². The fraction of sp³-hybridized carbons (Fsp3) is 0.294. The van der Waals surface area contributed by atoms with Crippen LogP contribution in [-0.2, 0) is 6.42 Å². The van der Waals surface area contributed by atoms with Gasteiger partial charge in [0, 0.05) is 24.5 Å². The molecule has 0 saturated carbocycles. The summed E-state index contributed by atoms with van der Waals surface area (Å²) in [7, 11) is 0.